The highest BCUT2D eigenvalue weighted by molar-refractivity contribution is 7.10. The van der Waals surface area contributed by atoms with E-state index < -0.39 is 5.60 Å². The maximum absolute atomic E-state index is 12.4. The van der Waals surface area contributed by atoms with Gasteiger partial charge in [0.25, 0.3) is 5.91 Å². The molecule has 1 N–H and O–H groups in total. The summed E-state index contributed by atoms with van der Waals surface area (Å²) >= 11 is 1.55. The van der Waals surface area contributed by atoms with Crippen LogP contribution in [0.1, 0.15) is 37.1 Å². The quantitative estimate of drug-likeness (QED) is 0.820. The van der Waals surface area contributed by atoms with Crippen LogP contribution in [0.5, 0.6) is 0 Å². The van der Waals surface area contributed by atoms with Crippen LogP contribution < -0.4 is 0 Å². The second-order valence-electron chi connectivity index (χ2n) is 5.04. The van der Waals surface area contributed by atoms with Gasteiger partial charge in [-0.3, -0.25) is 4.79 Å². The lowest BCUT2D eigenvalue weighted by Crippen LogP contribution is -2.46. The Kier molecular flexibility index (Phi) is 6.90. The molecule has 5 heteroatoms. The number of amides is 1. The van der Waals surface area contributed by atoms with E-state index in [-0.39, 0.29) is 12.5 Å². The number of hydrogen-bond donors (Lipinski definition) is 1. The number of aliphatic hydroxyl groups excluding tert-OH is 1. The van der Waals surface area contributed by atoms with E-state index in [1.54, 1.807) is 30.4 Å². The van der Waals surface area contributed by atoms with Gasteiger partial charge in [0.1, 0.15) is 5.60 Å². The zero-order valence-electron chi connectivity index (χ0n) is 13.1. The van der Waals surface area contributed by atoms with Gasteiger partial charge in [0.2, 0.25) is 0 Å². The molecular weight excluding hydrogens is 286 g/mol. The molecule has 0 aliphatic heterocycles. The van der Waals surface area contributed by atoms with E-state index in [1.165, 1.54) is 0 Å². The lowest BCUT2D eigenvalue weighted by Gasteiger charge is -2.30. The topological polar surface area (TPSA) is 49.8 Å². The fourth-order valence-corrected chi connectivity index (χ4v) is 2.63. The molecule has 0 radical (unpaired) electrons. The molecule has 0 fully saturated rings. The molecule has 1 amide bonds. The lowest BCUT2D eigenvalue weighted by atomic mass is 10.0. The van der Waals surface area contributed by atoms with Crippen LogP contribution >= 0.6 is 11.3 Å². The minimum absolute atomic E-state index is 0.0217. The summed E-state index contributed by atoms with van der Waals surface area (Å²) in [7, 11) is 3.35. The number of likely N-dealkylation sites (N-methyl/N-ethyl adjacent to an activating group) is 1. The van der Waals surface area contributed by atoms with Gasteiger partial charge in [0.15, 0.2) is 0 Å². The fraction of sp³-hybridized carbons (Fsp3) is 0.562. The Morgan fingerprint density at radius 2 is 2.29 bits per heavy atom. The first kappa shape index (κ1) is 17.7. The molecule has 0 bridgehead atoms. The van der Waals surface area contributed by atoms with Crippen LogP contribution in [0.15, 0.2) is 11.4 Å². The maximum Gasteiger partial charge on any atom is 0.254 e. The van der Waals surface area contributed by atoms with Gasteiger partial charge in [-0.15, -0.1) is 11.3 Å². The summed E-state index contributed by atoms with van der Waals surface area (Å²) in [5, 5.41) is 10.7. The number of thiophene rings is 1. The van der Waals surface area contributed by atoms with Crippen LogP contribution in [0.25, 0.3) is 0 Å². The number of rotatable bonds is 6. The van der Waals surface area contributed by atoms with Gasteiger partial charge >= 0.3 is 0 Å². The summed E-state index contributed by atoms with van der Waals surface area (Å²) in [6.45, 7) is 4.37. The molecule has 1 rings (SSSR count). The van der Waals surface area contributed by atoms with Crippen molar-refractivity contribution in [2.45, 2.75) is 38.8 Å². The average molecular weight is 309 g/mol. The van der Waals surface area contributed by atoms with Crippen LogP contribution in [-0.2, 0) is 16.1 Å². The number of methoxy groups -OCH3 is 1. The van der Waals surface area contributed by atoms with E-state index in [0.29, 0.717) is 19.4 Å². The molecule has 1 atom stereocenters. The molecule has 0 aromatic carbocycles. The van der Waals surface area contributed by atoms with Crippen molar-refractivity contribution in [3.05, 3.63) is 21.9 Å². The molecular formula is C16H23NO3S. The summed E-state index contributed by atoms with van der Waals surface area (Å²) < 4.78 is 5.34. The van der Waals surface area contributed by atoms with E-state index >= 15 is 0 Å². The standard InChI is InChI=1S/C16H23NO3S/c1-5-16(2,20-4)15(19)17(3)11-13-10-14(21-12-13)8-6-7-9-18/h10,12,18H,5,7,9,11H2,1-4H3. The molecule has 1 unspecified atom stereocenters. The number of carbonyl (C=O) groups excluding carboxylic acids is 1. The van der Waals surface area contributed by atoms with Crippen molar-refractivity contribution in [3.63, 3.8) is 0 Å². The van der Waals surface area contributed by atoms with E-state index in [1.807, 2.05) is 25.3 Å². The first-order valence-corrected chi connectivity index (χ1v) is 7.82. The van der Waals surface area contributed by atoms with E-state index in [2.05, 4.69) is 11.8 Å². The molecule has 1 aromatic heterocycles. The van der Waals surface area contributed by atoms with Crippen LogP contribution in [-0.4, -0.2) is 42.3 Å². The highest BCUT2D eigenvalue weighted by Gasteiger charge is 2.33. The summed E-state index contributed by atoms with van der Waals surface area (Å²) in [4.78, 5) is 15.0. The first-order chi connectivity index (χ1) is 9.96. The minimum atomic E-state index is -0.769. The van der Waals surface area contributed by atoms with Gasteiger partial charge in [0.05, 0.1) is 11.5 Å². The number of aliphatic hydroxyl groups is 1. The number of carbonyl (C=O) groups is 1. The smallest absolute Gasteiger partial charge is 0.254 e. The lowest BCUT2D eigenvalue weighted by molar-refractivity contribution is -0.152. The van der Waals surface area contributed by atoms with Gasteiger partial charge in [-0.1, -0.05) is 18.8 Å². The van der Waals surface area contributed by atoms with Crippen molar-refractivity contribution in [1.82, 2.24) is 4.90 Å². The predicted molar refractivity (Wildman–Crippen MR) is 85.1 cm³/mol. The van der Waals surface area contributed by atoms with Crippen molar-refractivity contribution < 1.29 is 14.6 Å². The van der Waals surface area contributed by atoms with E-state index in [9.17, 15) is 4.79 Å². The molecule has 21 heavy (non-hydrogen) atoms. The monoisotopic (exact) mass is 309 g/mol. The largest absolute Gasteiger partial charge is 0.395 e. The third-order valence-corrected chi connectivity index (χ3v) is 4.34. The van der Waals surface area contributed by atoms with Gasteiger partial charge in [-0.2, -0.15) is 0 Å². The molecule has 1 heterocycles. The Morgan fingerprint density at radius 3 is 2.86 bits per heavy atom. The second-order valence-corrected chi connectivity index (χ2v) is 5.96. The number of ether oxygens (including phenoxy) is 1. The summed E-state index contributed by atoms with van der Waals surface area (Å²) in [5.74, 6) is 5.87. The van der Waals surface area contributed by atoms with Gasteiger partial charge in [-0.05, 0) is 30.4 Å². The molecule has 116 valence electrons. The summed E-state index contributed by atoms with van der Waals surface area (Å²) in [6.07, 6.45) is 1.11. The van der Waals surface area contributed by atoms with Crippen molar-refractivity contribution in [1.29, 1.82) is 0 Å². The fourth-order valence-electron chi connectivity index (χ4n) is 1.86. The van der Waals surface area contributed by atoms with E-state index in [0.717, 1.165) is 10.4 Å². The Bertz CT molecular complexity index is 523. The molecule has 1 aromatic rings. The Balaban J connectivity index is 2.69. The van der Waals surface area contributed by atoms with Crippen molar-refractivity contribution in [3.8, 4) is 11.8 Å². The zero-order valence-corrected chi connectivity index (χ0v) is 13.9. The van der Waals surface area contributed by atoms with Crippen LogP contribution in [0.3, 0.4) is 0 Å². The van der Waals surface area contributed by atoms with E-state index in [4.69, 9.17) is 9.84 Å². The molecule has 4 nitrogen and oxygen atoms in total. The first-order valence-electron chi connectivity index (χ1n) is 6.94. The molecule has 0 aliphatic carbocycles. The normalized spacial score (nSPS) is 13.2. The highest BCUT2D eigenvalue weighted by atomic mass is 32.1. The predicted octanol–water partition coefficient (Wildman–Crippen LogP) is 2.26. The molecule has 0 saturated heterocycles. The minimum Gasteiger partial charge on any atom is -0.395 e. The Hall–Kier alpha value is -1.35. The van der Waals surface area contributed by atoms with Gasteiger partial charge < -0.3 is 14.7 Å². The van der Waals surface area contributed by atoms with Crippen LogP contribution in [0.2, 0.25) is 0 Å². The van der Waals surface area contributed by atoms with Crippen molar-refractivity contribution in [2.24, 2.45) is 0 Å². The third kappa shape index (κ3) is 4.85. The zero-order chi connectivity index (χ0) is 15.9. The van der Waals surface area contributed by atoms with Crippen LogP contribution in [0.4, 0.5) is 0 Å². The summed E-state index contributed by atoms with van der Waals surface area (Å²) in [6, 6.07) is 1.98. The average Bonchev–Trinajstić information content (AvgIpc) is 2.93. The van der Waals surface area contributed by atoms with Crippen molar-refractivity contribution >= 4 is 17.2 Å². The molecule has 0 aliphatic rings. The van der Waals surface area contributed by atoms with Gasteiger partial charge in [-0.25, -0.2) is 0 Å². The Labute approximate surface area is 130 Å². The number of nitrogens with zero attached hydrogens (tertiary/aromatic N) is 1. The SMILES string of the molecule is CCC(C)(OC)C(=O)N(C)Cc1csc(C#CCCO)c1. The third-order valence-electron chi connectivity index (χ3n) is 3.45. The Morgan fingerprint density at radius 1 is 1.57 bits per heavy atom. The molecule has 0 saturated carbocycles. The molecule has 0 spiro atoms. The number of hydrogen-bond acceptors (Lipinski definition) is 4. The van der Waals surface area contributed by atoms with Crippen molar-refractivity contribution in [2.75, 3.05) is 20.8 Å². The maximum atomic E-state index is 12.4. The summed E-state index contributed by atoms with van der Waals surface area (Å²) in [5.41, 5.74) is 0.285. The van der Waals surface area contributed by atoms with Crippen LogP contribution in [0, 0.1) is 11.8 Å². The van der Waals surface area contributed by atoms with Gasteiger partial charge in [0, 0.05) is 27.1 Å². The highest BCUT2D eigenvalue weighted by Crippen LogP contribution is 2.20. The second kappa shape index (κ2) is 8.18.